The van der Waals surface area contributed by atoms with E-state index in [-0.39, 0.29) is 12.1 Å². The molecular weight excluding hydrogens is 228 g/mol. The van der Waals surface area contributed by atoms with E-state index in [1.165, 1.54) is 0 Å². The summed E-state index contributed by atoms with van der Waals surface area (Å²) in [6, 6.07) is 2.41. The van der Waals surface area contributed by atoms with Gasteiger partial charge in [-0.3, -0.25) is 4.90 Å². The lowest BCUT2D eigenvalue weighted by molar-refractivity contribution is 0.181. The van der Waals surface area contributed by atoms with E-state index >= 15 is 0 Å². The molecule has 102 valence electrons. The molecule has 0 aromatic heterocycles. The zero-order valence-electron chi connectivity index (χ0n) is 11.6. The van der Waals surface area contributed by atoms with Gasteiger partial charge >= 0.3 is 6.03 Å². The monoisotopic (exact) mass is 252 g/mol. The molecule has 0 aliphatic carbocycles. The molecular formula is C13H24N4O. The number of hydrogen-bond acceptors (Lipinski definition) is 3. The fourth-order valence-corrected chi connectivity index (χ4v) is 2.04. The summed E-state index contributed by atoms with van der Waals surface area (Å²) < 4.78 is 0. The molecule has 0 unspecified atom stereocenters. The number of amides is 2. The van der Waals surface area contributed by atoms with Crippen LogP contribution < -0.4 is 5.32 Å². The van der Waals surface area contributed by atoms with Crippen LogP contribution in [0.25, 0.3) is 0 Å². The third-order valence-electron chi connectivity index (χ3n) is 3.64. The SMILES string of the molecule is CC(C)N(C)C(=O)NCC1CCN(CC#N)CC1. The Balaban J connectivity index is 2.22. The van der Waals surface area contributed by atoms with Crippen molar-refractivity contribution < 1.29 is 4.79 Å². The molecule has 1 N–H and O–H groups in total. The second-order valence-electron chi connectivity index (χ2n) is 5.27. The van der Waals surface area contributed by atoms with Crippen LogP contribution in [-0.4, -0.2) is 55.1 Å². The van der Waals surface area contributed by atoms with Crippen molar-refractivity contribution in [2.45, 2.75) is 32.7 Å². The lowest BCUT2D eigenvalue weighted by Crippen LogP contribution is -2.44. The predicted molar refractivity (Wildman–Crippen MR) is 71.1 cm³/mol. The van der Waals surface area contributed by atoms with Crippen molar-refractivity contribution in [3.8, 4) is 6.07 Å². The van der Waals surface area contributed by atoms with E-state index in [0.29, 0.717) is 12.5 Å². The summed E-state index contributed by atoms with van der Waals surface area (Å²) in [5.74, 6) is 0.546. The third kappa shape index (κ3) is 4.53. The molecule has 1 aliphatic heterocycles. The van der Waals surface area contributed by atoms with Crippen molar-refractivity contribution >= 4 is 6.03 Å². The van der Waals surface area contributed by atoms with Gasteiger partial charge in [-0.25, -0.2) is 4.79 Å². The van der Waals surface area contributed by atoms with Gasteiger partial charge in [0.25, 0.3) is 0 Å². The van der Waals surface area contributed by atoms with Crippen molar-refractivity contribution in [1.29, 1.82) is 5.26 Å². The van der Waals surface area contributed by atoms with Crippen LogP contribution in [0.3, 0.4) is 0 Å². The van der Waals surface area contributed by atoms with Crippen LogP contribution in [0.2, 0.25) is 0 Å². The lowest BCUT2D eigenvalue weighted by Gasteiger charge is -2.31. The van der Waals surface area contributed by atoms with Crippen LogP contribution in [0, 0.1) is 17.2 Å². The van der Waals surface area contributed by atoms with Crippen molar-refractivity contribution in [2.24, 2.45) is 5.92 Å². The zero-order chi connectivity index (χ0) is 13.5. The molecule has 0 spiro atoms. The lowest BCUT2D eigenvalue weighted by atomic mass is 9.97. The van der Waals surface area contributed by atoms with Gasteiger partial charge in [0, 0.05) is 19.6 Å². The minimum atomic E-state index is 0.00412. The molecule has 0 aromatic rings. The van der Waals surface area contributed by atoms with Gasteiger partial charge in [-0.2, -0.15) is 5.26 Å². The summed E-state index contributed by atoms with van der Waals surface area (Å²) in [4.78, 5) is 15.6. The van der Waals surface area contributed by atoms with Crippen molar-refractivity contribution in [2.75, 3.05) is 33.2 Å². The number of rotatable bonds is 4. The number of hydrogen-bond donors (Lipinski definition) is 1. The van der Waals surface area contributed by atoms with Crippen LogP contribution in [0.4, 0.5) is 4.79 Å². The predicted octanol–water partition coefficient (Wildman–Crippen LogP) is 1.27. The van der Waals surface area contributed by atoms with Crippen LogP contribution in [-0.2, 0) is 0 Å². The smallest absolute Gasteiger partial charge is 0.317 e. The Hall–Kier alpha value is -1.28. The maximum atomic E-state index is 11.8. The van der Waals surface area contributed by atoms with Crippen molar-refractivity contribution in [3.63, 3.8) is 0 Å². The molecule has 0 bridgehead atoms. The minimum absolute atomic E-state index is 0.00412. The molecule has 0 aromatic carbocycles. The van der Waals surface area contributed by atoms with E-state index in [4.69, 9.17) is 5.26 Å². The average Bonchev–Trinajstić information content (AvgIpc) is 2.37. The van der Waals surface area contributed by atoms with Crippen molar-refractivity contribution in [1.82, 2.24) is 15.1 Å². The number of carbonyl (C=O) groups excluding carboxylic acids is 1. The molecule has 5 nitrogen and oxygen atoms in total. The van der Waals surface area contributed by atoms with Gasteiger partial charge in [0.2, 0.25) is 0 Å². The number of likely N-dealkylation sites (tertiary alicyclic amines) is 1. The highest BCUT2D eigenvalue weighted by atomic mass is 16.2. The number of piperidine rings is 1. The highest BCUT2D eigenvalue weighted by molar-refractivity contribution is 5.74. The van der Waals surface area contributed by atoms with Crippen LogP contribution in [0.5, 0.6) is 0 Å². The van der Waals surface area contributed by atoms with Gasteiger partial charge in [-0.05, 0) is 45.7 Å². The molecule has 0 saturated carbocycles. The molecule has 1 rings (SSSR count). The quantitative estimate of drug-likeness (QED) is 0.767. The molecule has 1 saturated heterocycles. The van der Waals surface area contributed by atoms with Crippen LogP contribution in [0.1, 0.15) is 26.7 Å². The molecule has 0 radical (unpaired) electrons. The highest BCUT2D eigenvalue weighted by Crippen LogP contribution is 2.15. The van der Waals surface area contributed by atoms with Gasteiger partial charge < -0.3 is 10.2 Å². The first-order chi connectivity index (χ1) is 8.54. The van der Waals surface area contributed by atoms with Gasteiger partial charge in [-0.15, -0.1) is 0 Å². The number of nitrogens with one attached hydrogen (secondary N) is 1. The van der Waals surface area contributed by atoms with E-state index in [1.54, 1.807) is 4.90 Å². The number of urea groups is 1. The van der Waals surface area contributed by atoms with E-state index < -0.39 is 0 Å². The second kappa shape index (κ2) is 7.22. The summed E-state index contributed by atoms with van der Waals surface area (Å²) in [6.45, 7) is 7.20. The molecule has 5 heteroatoms. The van der Waals surface area contributed by atoms with Crippen LogP contribution >= 0.6 is 0 Å². The third-order valence-corrected chi connectivity index (χ3v) is 3.64. The first-order valence-electron chi connectivity index (χ1n) is 6.64. The van der Waals surface area contributed by atoms with E-state index in [1.807, 2.05) is 20.9 Å². The number of nitrogens with zero attached hydrogens (tertiary/aromatic N) is 3. The van der Waals surface area contributed by atoms with E-state index in [2.05, 4.69) is 16.3 Å². The summed E-state index contributed by atoms with van der Waals surface area (Å²) in [5.41, 5.74) is 0. The molecule has 18 heavy (non-hydrogen) atoms. The highest BCUT2D eigenvalue weighted by Gasteiger charge is 2.20. The standard InChI is InChI=1S/C13H24N4O/c1-11(2)16(3)13(18)15-10-12-4-7-17(8-5-12)9-6-14/h11-12H,4-5,7-10H2,1-3H3,(H,15,18). The largest absolute Gasteiger partial charge is 0.338 e. The summed E-state index contributed by atoms with van der Waals surface area (Å²) in [6.07, 6.45) is 2.13. The fraction of sp³-hybridized carbons (Fsp3) is 0.846. The minimum Gasteiger partial charge on any atom is -0.338 e. The van der Waals surface area contributed by atoms with E-state index in [9.17, 15) is 4.79 Å². The molecule has 1 aliphatic rings. The summed E-state index contributed by atoms with van der Waals surface area (Å²) >= 11 is 0. The number of nitriles is 1. The zero-order valence-corrected chi connectivity index (χ0v) is 11.6. The van der Waals surface area contributed by atoms with Gasteiger partial charge in [-0.1, -0.05) is 0 Å². The van der Waals surface area contributed by atoms with Crippen LogP contribution in [0.15, 0.2) is 0 Å². The molecule has 1 heterocycles. The maximum Gasteiger partial charge on any atom is 0.317 e. The molecule has 2 amide bonds. The van der Waals surface area contributed by atoms with Gasteiger partial charge in [0.05, 0.1) is 12.6 Å². The van der Waals surface area contributed by atoms with Gasteiger partial charge in [0.15, 0.2) is 0 Å². The fourth-order valence-electron chi connectivity index (χ4n) is 2.04. The normalized spacial score (nSPS) is 17.5. The summed E-state index contributed by atoms with van der Waals surface area (Å²) in [7, 11) is 1.82. The Kier molecular flexibility index (Phi) is 5.93. The van der Waals surface area contributed by atoms with E-state index in [0.717, 1.165) is 32.5 Å². The first kappa shape index (κ1) is 14.8. The molecule has 0 atom stereocenters. The Morgan fingerprint density at radius 1 is 1.50 bits per heavy atom. The second-order valence-corrected chi connectivity index (χ2v) is 5.27. The Labute approximate surface area is 110 Å². The van der Waals surface area contributed by atoms with Crippen molar-refractivity contribution in [3.05, 3.63) is 0 Å². The number of carbonyl (C=O) groups is 1. The topological polar surface area (TPSA) is 59.4 Å². The summed E-state index contributed by atoms with van der Waals surface area (Å²) in [5, 5.41) is 11.6. The Morgan fingerprint density at radius 2 is 2.11 bits per heavy atom. The Bertz CT molecular complexity index is 303. The van der Waals surface area contributed by atoms with Gasteiger partial charge in [0.1, 0.15) is 0 Å². The maximum absolute atomic E-state index is 11.8. The molecule has 1 fully saturated rings. The Morgan fingerprint density at radius 3 is 2.61 bits per heavy atom. The average molecular weight is 252 g/mol. The first-order valence-corrected chi connectivity index (χ1v) is 6.64.